The van der Waals surface area contributed by atoms with Crippen LogP contribution in [0.3, 0.4) is 0 Å². The molecule has 0 fully saturated rings. The van der Waals surface area contributed by atoms with Crippen LogP contribution in [0.5, 0.6) is 0 Å². The first kappa shape index (κ1) is 14.1. The van der Waals surface area contributed by atoms with Crippen LogP contribution in [0.2, 0.25) is 0 Å². The first-order chi connectivity index (χ1) is 9.49. The van der Waals surface area contributed by atoms with Gasteiger partial charge in [0.15, 0.2) is 0 Å². The zero-order chi connectivity index (χ0) is 14.7. The fourth-order valence-corrected chi connectivity index (χ4v) is 2.17. The van der Waals surface area contributed by atoms with Crippen LogP contribution < -0.4 is 11.1 Å². The molecule has 0 bridgehead atoms. The van der Waals surface area contributed by atoms with Gasteiger partial charge in [-0.15, -0.1) is 0 Å². The Hall–Kier alpha value is -2.36. The van der Waals surface area contributed by atoms with Gasteiger partial charge in [0.2, 0.25) is 0 Å². The average molecular weight is 272 g/mol. The van der Waals surface area contributed by atoms with E-state index in [2.05, 4.69) is 5.32 Å². The number of nitrogens with two attached hydrogens (primary N) is 1. The Kier molecular flexibility index (Phi) is 4.03. The average Bonchev–Trinajstić information content (AvgIpc) is 2.38. The maximum atomic E-state index is 13.0. The molecule has 0 saturated carbocycles. The Balaban J connectivity index is 2.17. The van der Waals surface area contributed by atoms with Crippen LogP contribution in [0.4, 0.5) is 10.1 Å². The van der Waals surface area contributed by atoms with Gasteiger partial charge in [-0.25, -0.2) is 4.39 Å². The summed E-state index contributed by atoms with van der Waals surface area (Å²) in [6.45, 7) is 3.89. The number of halogens is 1. The number of hydrogen-bond acceptors (Lipinski definition) is 2. The number of nitrogen functional groups attached to an aromatic ring is 1. The summed E-state index contributed by atoms with van der Waals surface area (Å²) < 4.78 is 13.0. The summed E-state index contributed by atoms with van der Waals surface area (Å²) in [5, 5.41) is 2.87. The van der Waals surface area contributed by atoms with Gasteiger partial charge < -0.3 is 11.1 Å². The van der Waals surface area contributed by atoms with Crippen LogP contribution >= 0.6 is 0 Å². The summed E-state index contributed by atoms with van der Waals surface area (Å²) in [6, 6.07) is 11.5. The van der Waals surface area contributed by atoms with E-state index in [0.717, 1.165) is 17.2 Å². The molecule has 2 rings (SSSR count). The molecule has 0 aromatic heterocycles. The Bertz CT molecular complexity index is 640. The van der Waals surface area contributed by atoms with E-state index in [9.17, 15) is 9.18 Å². The lowest BCUT2D eigenvalue weighted by atomic mass is 10.0. The quantitative estimate of drug-likeness (QED) is 0.843. The van der Waals surface area contributed by atoms with Crippen LogP contribution in [0.25, 0.3) is 0 Å². The summed E-state index contributed by atoms with van der Waals surface area (Å²) in [5.74, 6) is -0.760. The summed E-state index contributed by atoms with van der Waals surface area (Å²) in [5.41, 5.74) is 8.24. The molecule has 0 heterocycles. The van der Waals surface area contributed by atoms with Crippen molar-refractivity contribution in [3.63, 3.8) is 0 Å². The summed E-state index contributed by atoms with van der Waals surface area (Å²) >= 11 is 0. The smallest absolute Gasteiger partial charge is 0.253 e. The molecule has 0 spiro atoms. The lowest BCUT2D eigenvalue weighted by molar-refractivity contribution is 0.0940. The minimum Gasteiger partial charge on any atom is -0.398 e. The number of carbonyl (C=O) groups excluding carboxylic acids is 1. The fourth-order valence-electron chi connectivity index (χ4n) is 2.17. The molecule has 1 amide bonds. The molecule has 0 aliphatic rings. The molecule has 2 aromatic rings. The highest BCUT2D eigenvalue weighted by Gasteiger charge is 2.15. The van der Waals surface area contributed by atoms with Gasteiger partial charge in [-0.1, -0.05) is 24.3 Å². The molecule has 1 atom stereocenters. The molecular formula is C16H17FN2O. The van der Waals surface area contributed by atoms with E-state index in [4.69, 9.17) is 5.73 Å². The second-order valence-electron chi connectivity index (χ2n) is 4.78. The molecule has 0 unspecified atom stereocenters. The number of benzene rings is 2. The molecule has 0 aliphatic heterocycles. The van der Waals surface area contributed by atoms with Crippen LogP contribution in [0.15, 0.2) is 42.5 Å². The predicted molar refractivity (Wildman–Crippen MR) is 77.9 cm³/mol. The van der Waals surface area contributed by atoms with E-state index in [1.807, 2.05) is 38.1 Å². The highest BCUT2D eigenvalue weighted by molar-refractivity contribution is 5.99. The molecular weight excluding hydrogens is 255 g/mol. The van der Waals surface area contributed by atoms with Crippen LogP contribution in [-0.4, -0.2) is 5.91 Å². The number of rotatable bonds is 3. The van der Waals surface area contributed by atoms with Crippen molar-refractivity contribution in [1.82, 2.24) is 5.32 Å². The van der Waals surface area contributed by atoms with Crippen molar-refractivity contribution >= 4 is 11.6 Å². The first-order valence-corrected chi connectivity index (χ1v) is 6.40. The highest BCUT2D eigenvalue weighted by atomic mass is 19.1. The maximum absolute atomic E-state index is 13.0. The van der Waals surface area contributed by atoms with Crippen molar-refractivity contribution in [3.05, 3.63) is 65.0 Å². The number of carbonyl (C=O) groups is 1. The second-order valence-corrected chi connectivity index (χ2v) is 4.78. The molecule has 3 N–H and O–H groups in total. The zero-order valence-corrected chi connectivity index (χ0v) is 11.5. The monoisotopic (exact) mass is 272 g/mol. The van der Waals surface area contributed by atoms with Crippen LogP contribution in [0, 0.1) is 12.7 Å². The number of aryl methyl sites for hydroxylation is 1. The highest BCUT2D eigenvalue weighted by Crippen LogP contribution is 2.19. The van der Waals surface area contributed by atoms with E-state index < -0.39 is 5.82 Å². The lowest BCUT2D eigenvalue weighted by Crippen LogP contribution is -2.27. The fraction of sp³-hybridized carbons (Fsp3) is 0.188. The van der Waals surface area contributed by atoms with Crippen molar-refractivity contribution in [2.45, 2.75) is 19.9 Å². The zero-order valence-electron chi connectivity index (χ0n) is 11.5. The standard InChI is InChI=1S/C16H17FN2O/c1-10-5-3-4-6-13(10)11(2)19-16(20)14-8-7-12(17)9-15(14)18/h3-9,11H,18H2,1-2H3,(H,19,20)/t11-/m0/s1. The van der Waals surface area contributed by atoms with Gasteiger partial charge in [0, 0.05) is 5.69 Å². The Morgan fingerprint density at radius 2 is 1.95 bits per heavy atom. The number of hydrogen-bond donors (Lipinski definition) is 2. The summed E-state index contributed by atoms with van der Waals surface area (Å²) in [6.07, 6.45) is 0. The molecule has 0 aliphatic carbocycles. The first-order valence-electron chi connectivity index (χ1n) is 6.40. The lowest BCUT2D eigenvalue weighted by Gasteiger charge is -2.17. The van der Waals surface area contributed by atoms with Gasteiger partial charge in [-0.3, -0.25) is 4.79 Å². The summed E-state index contributed by atoms with van der Waals surface area (Å²) in [7, 11) is 0. The summed E-state index contributed by atoms with van der Waals surface area (Å²) in [4.78, 5) is 12.2. The topological polar surface area (TPSA) is 55.1 Å². The third kappa shape index (κ3) is 2.96. The minimum absolute atomic E-state index is 0.138. The largest absolute Gasteiger partial charge is 0.398 e. The molecule has 104 valence electrons. The van der Waals surface area contributed by atoms with Crippen molar-refractivity contribution < 1.29 is 9.18 Å². The SMILES string of the molecule is Cc1ccccc1[C@H](C)NC(=O)c1ccc(F)cc1N. The molecule has 4 heteroatoms. The van der Waals surface area contributed by atoms with E-state index in [1.165, 1.54) is 12.1 Å². The van der Waals surface area contributed by atoms with Crippen molar-refractivity contribution in [1.29, 1.82) is 0 Å². The van der Waals surface area contributed by atoms with Gasteiger partial charge in [-0.2, -0.15) is 0 Å². The minimum atomic E-state index is -0.453. The van der Waals surface area contributed by atoms with E-state index in [-0.39, 0.29) is 23.2 Å². The number of amides is 1. The molecule has 0 saturated heterocycles. The molecule has 20 heavy (non-hydrogen) atoms. The molecule has 3 nitrogen and oxygen atoms in total. The van der Waals surface area contributed by atoms with Gasteiger partial charge in [0.05, 0.1) is 11.6 Å². The normalized spacial score (nSPS) is 11.9. The Morgan fingerprint density at radius 3 is 2.60 bits per heavy atom. The second kappa shape index (κ2) is 5.74. The molecule has 2 aromatic carbocycles. The predicted octanol–water partition coefficient (Wildman–Crippen LogP) is 3.21. The number of nitrogens with one attached hydrogen (secondary N) is 1. The Morgan fingerprint density at radius 1 is 1.25 bits per heavy atom. The van der Waals surface area contributed by atoms with E-state index >= 15 is 0 Å². The van der Waals surface area contributed by atoms with Crippen molar-refractivity contribution in [2.24, 2.45) is 0 Å². The van der Waals surface area contributed by atoms with Crippen LogP contribution in [-0.2, 0) is 0 Å². The third-order valence-electron chi connectivity index (χ3n) is 3.26. The van der Waals surface area contributed by atoms with Crippen molar-refractivity contribution in [3.8, 4) is 0 Å². The van der Waals surface area contributed by atoms with Crippen molar-refractivity contribution in [2.75, 3.05) is 5.73 Å². The van der Waals surface area contributed by atoms with Gasteiger partial charge in [0.25, 0.3) is 5.91 Å². The van der Waals surface area contributed by atoms with Crippen LogP contribution in [0.1, 0.15) is 34.5 Å². The Labute approximate surface area is 117 Å². The third-order valence-corrected chi connectivity index (χ3v) is 3.26. The van der Waals surface area contributed by atoms with Gasteiger partial charge in [0.1, 0.15) is 5.82 Å². The van der Waals surface area contributed by atoms with E-state index in [1.54, 1.807) is 0 Å². The van der Waals surface area contributed by atoms with Gasteiger partial charge >= 0.3 is 0 Å². The number of anilines is 1. The molecule has 0 radical (unpaired) electrons. The maximum Gasteiger partial charge on any atom is 0.253 e. The van der Waals surface area contributed by atoms with Gasteiger partial charge in [-0.05, 0) is 43.2 Å². The van der Waals surface area contributed by atoms with E-state index in [0.29, 0.717) is 0 Å².